The van der Waals surface area contributed by atoms with E-state index in [4.69, 9.17) is 0 Å². The first-order valence-corrected chi connectivity index (χ1v) is 9.64. The monoisotopic (exact) mass is 313 g/mol. The van der Waals surface area contributed by atoms with Gasteiger partial charge < -0.3 is 5.32 Å². The molecule has 0 unspecified atom stereocenters. The van der Waals surface area contributed by atoms with Gasteiger partial charge in [-0.3, -0.25) is 9.80 Å². The molecule has 0 aromatic heterocycles. The van der Waals surface area contributed by atoms with E-state index in [9.17, 15) is 0 Å². The fraction of sp³-hybridized carbons (Fsp3) is 1.00. The Morgan fingerprint density at radius 1 is 0.727 bits per heavy atom. The summed E-state index contributed by atoms with van der Waals surface area (Å²) < 4.78 is 0. The van der Waals surface area contributed by atoms with Gasteiger partial charge in [-0.2, -0.15) is 0 Å². The predicted molar refractivity (Wildman–Crippen MR) is 100 cm³/mol. The predicted octanol–water partition coefficient (Wildman–Crippen LogP) is 4.05. The van der Waals surface area contributed by atoms with Crippen LogP contribution in [0.1, 0.15) is 67.2 Å². The van der Waals surface area contributed by atoms with E-state index in [2.05, 4.69) is 56.7 Å². The molecular formula is C19H43N3. The van der Waals surface area contributed by atoms with Gasteiger partial charge >= 0.3 is 0 Å². The average Bonchev–Trinajstić information content (AvgIpc) is 2.42. The molecule has 0 rings (SSSR count). The summed E-state index contributed by atoms with van der Waals surface area (Å²) in [6, 6.07) is 0. The zero-order valence-corrected chi connectivity index (χ0v) is 16.3. The van der Waals surface area contributed by atoms with Gasteiger partial charge in [-0.05, 0) is 37.8 Å². The third kappa shape index (κ3) is 13.5. The van der Waals surface area contributed by atoms with E-state index in [1.54, 1.807) is 0 Å². The number of hydrogen-bond acceptors (Lipinski definition) is 3. The topological polar surface area (TPSA) is 18.5 Å². The van der Waals surface area contributed by atoms with E-state index in [-0.39, 0.29) is 0 Å². The summed E-state index contributed by atoms with van der Waals surface area (Å²) in [6.45, 7) is 22.1. The Morgan fingerprint density at radius 2 is 1.32 bits per heavy atom. The molecule has 0 bridgehead atoms. The zero-order valence-electron chi connectivity index (χ0n) is 16.3. The minimum atomic E-state index is 0.745. The van der Waals surface area contributed by atoms with Crippen molar-refractivity contribution < 1.29 is 0 Å². The Kier molecular flexibility index (Phi) is 14.4. The highest BCUT2D eigenvalue weighted by Gasteiger charge is 2.13. The van der Waals surface area contributed by atoms with Crippen molar-refractivity contribution in [2.45, 2.75) is 67.2 Å². The number of nitrogens with one attached hydrogen (secondary N) is 1. The van der Waals surface area contributed by atoms with E-state index in [0.717, 1.165) is 25.0 Å². The maximum Gasteiger partial charge on any atom is 0.0506 e. The van der Waals surface area contributed by atoms with E-state index < -0.39 is 0 Å². The molecule has 0 aromatic rings. The van der Waals surface area contributed by atoms with Crippen LogP contribution in [0.25, 0.3) is 0 Å². The highest BCUT2D eigenvalue weighted by molar-refractivity contribution is 4.66. The largest absolute Gasteiger partial charge is 0.315 e. The summed E-state index contributed by atoms with van der Waals surface area (Å²) in [5.41, 5.74) is 0. The normalized spacial score (nSPS) is 12.3. The van der Waals surface area contributed by atoms with Crippen LogP contribution in [0.4, 0.5) is 0 Å². The molecule has 0 atom stereocenters. The number of hydrogen-bond donors (Lipinski definition) is 1. The van der Waals surface area contributed by atoms with Crippen LogP contribution in [0.5, 0.6) is 0 Å². The second-order valence-electron chi connectivity index (χ2n) is 7.54. The van der Waals surface area contributed by atoms with Crippen LogP contribution in [0, 0.1) is 11.8 Å². The summed E-state index contributed by atoms with van der Waals surface area (Å²) in [4.78, 5) is 5.30. The van der Waals surface area contributed by atoms with Gasteiger partial charge in [-0.25, -0.2) is 0 Å². The molecule has 0 aliphatic rings. The summed E-state index contributed by atoms with van der Waals surface area (Å²) in [6.07, 6.45) is 5.17. The second-order valence-corrected chi connectivity index (χ2v) is 7.54. The highest BCUT2D eigenvalue weighted by atomic mass is 15.3. The van der Waals surface area contributed by atoms with Gasteiger partial charge in [0.1, 0.15) is 0 Å². The molecule has 0 aromatic carbocycles. The third-order valence-electron chi connectivity index (χ3n) is 3.79. The molecule has 0 saturated carbocycles. The van der Waals surface area contributed by atoms with E-state index in [0.29, 0.717) is 0 Å². The second kappa shape index (κ2) is 14.5. The molecule has 22 heavy (non-hydrogen) atoms. The van der Waals surface area contributed by atoms with E-state index in [1.165, 1.54) is 58.4 Å². The Labute approximate surface area is 140 Å². The van der Waals surface area contributed by atoms with Gasteiger partial charge in [0.25, 0.3) is 0 Å². The van der Waals surface area contributed by atoms with Gasteiger partial charge in [0.15, 0.2) is 0 Å². The highest BCUT2D eigenvalue weighted by Crippen LogP contribution is 2.06. The smallest absolute Gasteiger partial charge is 0.0506 e. The van der Waals surface area contributed by atoms with Crippen LogP contribution >= 0.6 is 0 Å². The third-order valence-corrected chi connectivity index (χ3v) is 3.79. The molecule has 0 radical (unpaired) electrons. The summed E-state index contributed by atoms with van der Waals surface area (Å²) in [7, 11) is 0. The first-order chi connectivity index (χ1) is 10.5. The van der Waals surface area contributed by atoms with Crippen molar-refractivity contribution in [3.05, 3.63) is 0 Å². The van der Waals surface area contributed by atoms with Crippen molar-refractivity contribution in [3.8, 4) is 0 Å². The fourth-order valence-electron chi connectivity index (χ4n) is 2.80. The summed E-state index contributed by atoms with van der Waals surface area (Å²) in [5, 5.41) is 3.59. The van der Waals surface area contributed by atoms with Crippen molar-refractivity contribution in [2.24, 2.45) is 11.8 Å². The van der Waals surface area contributed by atoms with Gasteiger partial charge in [0.2, 0.25) is 0 Å². The molecule has 134 valence electrons. The van der Waals surface area contributed by atoms with Crippen LogP contribution in [-0.2, 0) is 0 Å². The quantitative estimate of drug-likeness (QED) is 0.363. The molecule has 1 N–H and O–H groups in total. The molecule has 0 aliphatic heterocycles. The van der Waals surface area contributed by atoms with Gasteiger partial charge in [-0.15, -0.1) is 0 Å². The van der Waals surface area contributed by atoms with E-state index in [1.807, 2.05) is 0 Å². The van der Waals surface area contributed by atoms with Crippen molar-refractivity contribution in [1.29, 1.82) is 0 Å². The molecule has 0 fully saturated rings. The molecule has 0 aliphatic carbocycles. The molecule has 3 nitrogen and oxygen atoms in total. The Hall–Kier alpha value is -0.120. The van der Waals surface area contributed by atoms with Gasteiger partial charge in [0.05, 0.1) is 6.67 Å². The first kappa shape index (κ1) is 21.9. The molecule has 0 spiro atoms. The Morgan fingerprint density at radius 3 is 1.82 bits per heavy atom. The summed E-state index contributed by atoms with van der Waals surface area (Å²) >= 11 is 0. The SMILES string of the molecule is CCCCNCCN(CCCC)CN(CC(C)C)CC(C)C. The van der Waals surface area contributed by atoms with Gasteiger partial charge in [-0.1, -0.05) is 54.4 Å². The van der Waals surface area contributed by atoms with Crippen LogP contribution in [0.2, 0.25) is 0 Å². The number of nitrogens with zero attached hydrogens (tertiary/aromatic N) is 2. The minimum absolute atomic E-state index is 0.745. The van der Waals surface area contributed by atoms with Crippen molar-refractivity contribution in [2.75, 3.05) is 45.9 Å². The lowest BCUT2D eigenvalue weighted by atomic mass is 10.1. The Balaban J connectivity index is 4.29. The van der Waals surface area contributed by atoms with Crippen molar-refractivity contribution >= 4 is 0 Å². The lowest BCUT2D eigenvalue weighted by molar-refractivity contribution is 0.108. The van der Waals surface area contributed by atoms with Crippen LogP contribution in [0.3, 0.4) is 0 Å². The van der Waals surface area contributed by atoms with Crippen LogP contribution in [0.15, 0.2) is 0 Å². The van der Waals surface area contributed by atoms with Crippen molar-refractivity contribution in [1.82, 2.24) is 15.1 Å². The standard InChI is InChI=1S/C19H43N3/c1-7-9-11-20-12-14-21(13-10-8-2)17-22(15-18(3)4)16-19(5)6/h18-20H,7-17H2,1-6H3. The molecule has 3 heteroatoms. The maximum absolute atomic E-state index is 3.59. The average molecular weight is 314 g/mol. The van der Waals surface area contributed by atoms with Gasteiger partial charge in [0, 0.05) is 26.2 Å². The molecule has 0 amide bonds. The summed E-state index contributed by atoms with van der Waals surface area (Å²) in [5.74, 6) is 1.49. The fourth-order valence-corrected chi connectivity index (χ4v) is 2.80. The maximum atomic E-state index is 3.59. The van der Waals surface area contributed by atoms with Crippen molar-refractivity contribution in [3.63, 3.8) is 0 Å². The molecular weight excluding hydrogens is 270 g/mol. The lowest BCUT2D eigenvalue weighted by Crippen LogP contribution is -2.44. The lowest BCUT2D eigenvalue weighted by Gasteiger charge is -2.32. The molecule has 0 heterocycles. The number of rotatable bonds is 15. The minimum Gasteiger partial charge on any atom is -0.315 e. The van der Waals surface area contributed by atoms with E-state index >= 15 is 0 Å². The van der Waals surface area contributed by atoms with Crippen LogP contribution in [-0.4, -0.2) is 55.7 Å². The zero-order chi connectivity index (χ0) is 16.8. The Bertz CT molecular complexity index is 219. The van der Waals surface area contributed by atoms with Crippen LogP contribution < -0.4 is 5.32 Å². The number of unbranched alkanes of at least 4 members (excludes halogenated alkanes) is 2. The molecule has 0 saturated heterocycles. The first-order valence-electron chi connectivity index (χ1n) is 9.64.